The molecule has 1 aromatic heterocycles. The Balaban J connectivity index is 1.72. The van der Waals surface area contributed by atoms with Crippen LogP contribution in [-0.4, -0.2) is 30.1 Å². The fourth-order valence-electron chi connectivity index (χ4n) is 3.26. The van der Waals surface area contributed by atoms with Gasteiger partial charge >= 0.3 is 0 Å². The fourth-order valence-corrected chi connectivity index (χ4v) is 3.26. The molecule has 0 radical (unpaired) electrons. The molecule has 2 heterocycles. The number of aryl methyl sites for hydroxylation is 1. The van der Waals surface area contributed by atoms with Crippen LogP contribution in [-0.2, 0) is 16.0 Å². The van der Waals surface area contributed by atoms with E-state index in [0.29, 0.717) is 13.2 Å². The van der Waals surface area contributed by atoms with E-state index in [9.17, 15) is 4.79 Å². The largest absolute Gasteiger partial charge is 0.368 e. The highest BCUT2D eigenvalue weighted by Gasteiger charge is 2.24. The molecular formula is C20H24N2O2. The lowest BCUT2D eigenvalue weighted by Gasteiger charge is -2.21. The van der Waals surface area contributed by atoms with Crippen molar-refractivity contribution in [2.24, 2.45) is 0 Å². The third-order valence-electron chi connectivity index (χ3n) is 4.58. The number of hydrogen-bond acceptors (Lipinski definition) is 3. The van der Waals surface area contributed by atoms with Crippen molar-refractivity contribution in [1.82, 2.24) is 10.3 Å². The van der Waals surface area contributed by atoms with Crippen molar-refractivity contribution in [3.63, 3.8) is 0 Å². The summed E-state index contributed by atoms with van der Waals surface area (Å²) in [5.41, 5.74) is 3.70. The van der Waals surface area contributed by atoms with E-state index in [2.05, 4.69) is 41.5 Å². The van der Waals surface area contributed by atoms with Crippen LogP contribution < -0.4 is 5.32 Å². The minimum atomic E-state index is -0.277. The first-order chi connectivity index (χ1) is 11.7. The Morgan fingerprint density at radius 3 is 2.92 bits per heavy atom. The molecule has 0 saturated carbocycles. The summed E-state index contributed by atoms with van der Waals surface area (Å²) in [7, 11) is 0. The molecule has 1 fully saturated rings. The van der Waals surface area contributed by atoms with E-state index in [1.54, 1.807) is 6.20 Å². The number of nitrogens with zero attached hydrogens (tertiary/aromatic N) is 1. The van der Waals surface area contributed by atoms with Gasteiger partial charge in [0.25, 0.3) is 0 Å². The molecule has 1 aromatic carbocycles. The Labute approximate surface area is 143 Å². The molecule has 1 aliphatic heterocycles. The molecular weight excluding hydrogens is 300 g/mol. The van der Waals surface area contributed by atoms with Crippen molar-refractivity contribution in [3.8, 4) is 0 Å². The maximum Gasteiger partial charge on any atom is 0.249 e. The zero-order valence-corrected chi connectivity index (χ0v) is 14.1. The lowest BCUT2D eigenvalue weighted by molar-refractivity contribution is -0.130. The fraction of sp³-hybridized carbons (Fsp3) is 0.400. The maximum absolute atomic E-state index is 12.3. The molecule has 2 atom stereocenters. The second-order valence-electron chi connectivity index (χ2n) is 6.37. The maximum atomic E-state index is 12.3. The van der Waals surface area contributed by atoms with Crippen molar-refractivity contribution in [2.45, 2.75) is 38.2 Å². The van der Waals surface area contributed by atoms with Gasteiger partial charge in [-0.1, -0.05) is 30.3 Å². The number of pyridine rings is 1. The Morgan fingerprint density at radius 2 is 2.21 bits per heavy atom. The molecule has 2 unspecified atom stereocenters. The number of carbonyl (C=O) groups is 1. The predicted octanol–water partition coefficient (Wildman–Crippen LogP) is 3.01. The van der Waals surface area contributed by atoms with Gasteiger partial charge in [-0.2, -0.15) is 0 Å². The molecule has 4 heteroatoms. The average Bonchev–Trinajstić information content (AvgIpc) is 3.14. The van der Waals surface area contributed by atoms with E-state index in [1.165, 1.54) is 16.7 Å². The normalized spacial score (nSPS) is 18.3. The van der Waals surface area contributed by atoms with E-state index in [0.717, 1.165) is 19.3 Å². The van der Waals surface area contributed by atoms with Crippen LogP contribution in [0, 0.1) is 6.92 Å². The lowest BCUT2D eigenvalue weighted by Crippen LogP contribution is -2.37. The van der Waals surface area contributed by atoms with Gasteiger partial charge in [0.05, 0.1) is 0 Å². The predicted molar refractivity (Wildman–Crippen MR) is 93.8 cm³/mol. The average molecular weight is 324 g/mol. The molecule has 3 rings (SSSR count). The molecule has 2 aromatic rings. The second-order valence-corrected chi connectivity index (χ2v) is 6.37. The zero-order valence-electron chi connectivity index (χ0n) is 14.1. The van der Waals surface area contributed by atoms with Gasteiger partial charge in [0.1, 0.15) is 6.10 Å². The molecule has 0 aliphatic carbocycles. The highest BCUT2D eigenvalue weighted by atomic mass is 16.5. The lowest BCUT2D eigenvalue weighted by atomic mass is 9.89. The molecule has 4 nitrogen and oxygen atoms in total. The van der Waals surface area contributed by atoms with E-state index < -0.39 is 0 Å². The third kappa shape index (κ3) is 4.20. The molecule has 1 amide bonds. The summed E-state index contributed by atoms with van der Waals surface area (Å²) < 4.78 is 5.47. The number of rotatable bonds is 6. The van der Waals surface area contributed by atoms with Crippen LogP contribution in [0.3, 0.4) is 0 Å². The minimum absolute atomic E-state index is 0.0114. The van der Waals surface area contributed by atoms with Gasteiger partial charge in [-0.15, -0.1) is 0 Å². The smallest absolute Gasteiger partial charge is 0.249 e. The van der Waals surface area contributed by atoms with Gasteiger partial charge in [-0.3, -0.25) is 9.78 Å². The third-order valence-corrected chi connectivity index (χ3v) is 4.58. The van der Waals surface area contributed by atoms with Gasteiger partial charge in [-0.25, -0.2) is 0 Å². The van der Waals surface area contributed by atoms with Crippen molar-refractivity contribution < 1.29 is 9.53 Å². The molecule has 1 aliphatic rings. The highest BCUT2D eigenvalue weighted by molar-refractivity contribution is 5.81. The minimum Gasteiger partial charge on any atom is -0.368 e. The number of ether oxygens (including phenoxy) is 1. The number of aromatic nitrogens is 1. The summed E-state index contributed by atoms with van der Waals surface area (Å²) >= 11 is 0. The van der Waals surface area contributed by atoms with Crippen LogP contribution in [0.15, 0.2) is 48.8 Å². The first kappa shape index (κ1) is 16.7. The van der Waals surface area contributed by atoms with Crippen LogP contribution in [0.1, 0.15) is 35.4 Å². The van der Waals surface area contributed by atoms with E-state index >= 15 is 0 Å². The molecule has 1 saturated heterocycles. The Kier molecular flexibility index (Phi) is 5.59. The van der Waals surface area contributed by atoms with Gasteiger partial charge in [0.2, 0.25) is 5.91 Å². The summed E-state index contributed by atoms with van der Waals surface area (Å²) in [6.45, 7) is 3.42. The molecule has 0 bridgehead atoms. The molecule has 1 N–H and O–H groups in total. The van der Waals surface area contributed by atoms with Gasteiger partial charge < -0.3 is 10.1 Å². The summed E-state index contributed by atoms with van der Waals surface area (Å²) in [6.07, 6.45) is 6.04. The van der Waals surface area contributed by atoms with Crippen LogP contribution in [0.5, 0.6) is 0 Å². The molecule has 126 valence electrons. The monoisotopic (exact) mass is 324 g/mol. The second kappa shape index (κ2) is 8.06. The van der Waals surface area contributed by atoms with Crippen molar-refractivity contribution in [2.75, 3.05) is 13.2 Å². The molecule has 0 spiro atoms. The topological polar surface area (TPSA) is 51.2 Å². The van der Waals surface area contributed by atoms with Crippen LogP contribution >= 0.6 is 0 Å². The quantitative estimate of drug-likeness (QED) is 0.888. The Bertz CT molecular complexity index is 666. The summed E-state index contributed by atoms with van der Waals surface area (Å²) in [4.78, 5) is 16.5. The summed E-state index contributed by atoms with van der Waals surface area (Å²) in [6, 6.07) is 12.4. The Hall–Kier alpha value is -2.20. The number of hydrogen-bond donors (Lipinski definition) is 1. The number of carbonyl (C=O) groups excluding carboxylic acids is 1. The number of nitrogens with one attached hydrogen (secondary N) is 1. The van der Waals surface area contributed by atoms with Crippen molar-refractivity contribution >= 4 is 5.91 Å². The number of amides is 1. The zero-order chi connectivity index (χ0) is 16.8. The van der Waals surface area contributed by atoms with E-state index in [1.807, 2.05) is 18.3 Å². The first-order valence-corrected chi connectivity index (χ1v) is 8.58. The summed E-state index contributed by atoms with van der Waals surface area (Å²) in [5, 5.41) is 3.09. The highest BCUT2D eigenvalue weighted by Crippen LogP contribution is 2.23. The van der Waals surface area contributed by atoms with E-state index in [-0.39, 0.29) is 17.9 Å². The first-order valence-electron chi connectivity index (χ1n) is 8.58. The SMILES string of the molecule is Cc1ccccc1C(CNC(=O)C1CCCO1)Cc1cccnc1. The summed E-state index contributed by atoms with van der Waals surface area (Å²) in [5.74, 6) is 0.234. The van der Waals surface area contributed by atoms with Gasteiger partial charge in [0, 0.05) is 31.5 Å². The van der Waals surface area contributed by atoms with Crippen LogP contribution in [0.25, 0.3) is 0 Å². The standard InChI is InChI=1S/C20H24N2O2/c1-15-6-2-3-8-18(15)17(12-16-7-4-10-21-13-16)14-22-20(23)19-9-5-11-24-19/h2-4,6-8,10,13,17,19H,5,9,11-12,14H2,1H3,(H,22,23). The molecule has 24 heavy (non-hydrogen) atoms. The van der Waals surface area contributed by atoms with Gasteiger partial charge in [0.15, 0.2) is 0 Å². The van der Waals surface area contributed by atoms with Crippen LogP contribution in [0.4, 0.5) is 0 Å². The van der Waals surface area contributed by atoms with Crippen molar-refractivity contribution in [1.29, 1.82) is 0 Å². The number of benzene rings is 1. The van der Waals surface area contributed by atoms with E-state index in [4.69, 9.17) is 4.74 Å². The Morgan fingerprint density at radius 1 is 1.33 bits per heavy atom. The van der Waals surface area contributed by atoms with Crippen LogP contribution in [0.2, 0.25) is 0 Å². The van der Waals surface area contributed by atoms with Gasteiger partial charge in [-0.05, 0) is 48.9 Å². The van der Waals surface area contributed by atoms with Crippen molar-refractivity contribution in [3.05, 3.63) is 65.5 Å².